The highest BCUT2D eigenvalue weighted by molar-refractivity contribution is 5.86. The lowest BCUT2D eigenvalue weighted by atomic mass is 10.2. The molecule has 1 unspecified atom stereocenters. The van der Waals surface area contributed by atoms with Crippen molar-refractivity contribution in [2.45, 2.75) is 25.5 Å². The molecule has 2 rings (SSSR count). The minimum atomic E-state index is -0.227. The van der Waals surface area contributed by atoms with Gasteiger partial charge in [0.1, 0.15) is 11.9 Å². The van der Waals surface area contributed by atoms with Crippen molar-refractivity contribution >= 4 is 5.91 Å². The van der Waals surface area contributed by atoms with Gasteiger partial charge in [-0.1, -0.05) is 6.58 Å². The molecule has 1 aromatic heterocycles. The summed E-state index contributed by atoms with van der Waals surface area (Å²) in [6.07, 6.45) is 3.22. The molecular weight excluding hydrogens is 208 g/mol. The zero-order chi connectivity index (χ0) is 11.4. The van der Waals surface area contributed by atoms with Crippen LogP contribution in [-0.2, 0) is 16.1 Å². The van der Waals surface area contributed by atoms with Crippen LogP contribution in [0.3, 0.4) is 0 Å². The highest BCUT2D eigenvalue weighted by atomic mass is 16.5. The number of aromatic nitrogens is 3. The molecule has 1 aromatic rings. The van der Waals surface area contributed by atoms with E-state index < -0.39 is 0 Å². The predicted octanol–water partition coefficient (Wildman–Crippen LogP) is 0.458. The van der Waals surface area contributed by atoms with Crippen LogP contribution < -0.4 is 5.32 Å². The zero-order valence-electron chi connectivity index (χ0n) is 8.90. The Morgan fingerprint density at radius 2 is 2.62 bits per heavy atom. The zero-order valence-corrected chi connectivity index (χ0v) is 8.90. The molecule has 1 aliphatic rings. The van der Waals surface area contributed by atoms with E-state index in [1.807, 2.05) is 0 Å². The summed E-state index contributed by atoms with van der Waals surface area (Å²) in [4.78, 5) is 15.2. The van der Waals surface area contributed by atoms with Crippen molar-refractivity contribution in [3.05, 3.63) is 24.3 Å². The van der Waals surface area contributed by atoms with Crippen molar-refractivity contribution < 1.29 is 9.53 Å². The van der Waals surface area contributed by atoms with Gasteiger partial charge in [0.25, 0.3) is 0 Å². The lowest BCUT2D eigenvalue weighted by molar-refractivity contribution is -0.116. The summed E-state index contributed by atoms with van der Waals surface area (Å²) < 4.78 is 5.45. The molecule has 1 atom stereocenters. The Morgan fingerprint density at radius 1 is 1.75 bits per heavy atom. The fourth-order valence-electron chi connectivity index (χ4n) is 1.56. The smallest absolute Gasteiger partial charge is 0.243 e. The number of nitrogens with one attached hydrogen (secondary N) is 2. The Hall–Kier alpha value is -1.69. The molecule has 0 radical (unpaired) electrons. The number of carbonyl (C=O) groups excluding carboxylic acids is 1. The highest BCUT2D eigenvalue weighted by Crippen LogP contribution is 2.25. The second-order valence-electron chi connectivity index (χ2n) is 3.56. The van der Waals surface area contributed by atoms with E-state index in [2.05, 4.69) is 27.1 Å². The number of amides is 1. The summed E-state index contributed by atoms with van der Waals surface area (Å²) in [5.74, 6) is 1.07. The topological polar surface area (TPSA) is 79.9 Å². The third-order valence-electron chi connectivity index (χ3n) is 2.38. The number of hydrogen-bond donors (Lipinski definition) is 2. The molecule has 6 nitrogen and oxygen atoms in total. The first-order valence-corrected chi connectivity index (χ1v) is 5.22. The van der Waals surface area contributed by atoms with E-state index in [1.165, 1.54) is 6.08 Å². The van der Waals surface area contributed by atoms with Crippen LogP contribution in [-0.4, -0.2) is 27.7 Å². The van der Waals surface area contributed by atoms with Crippen LogP contribution in [0, 0.1) is 0 Å². The molecule has 1 aliphatic heterocycles. The number of ether oxygens (including phenoxy) is 1. The van der Waals surface area contributed by atoms with Crippen molar-refractivity contribution in [1.82, 2.24) is 20.5 Å². The fraction of sp³-hybridized carbons (Fsp3) is 0.500. The molecule has 2 heterocycles. The molecule has 0 aliphatic carbocycles. The van der Waals surface area contributed by atoms with Gasteiger partial charge in [-0.05, 0) is 18.9 Å². The normalized spacial score (nSPS) is 19.6. The van der Waals surface area contributed by atoms with E-state index in [-0.39, 0.29) is 12.0 Å². The Morgan fingerprint density at radius 3 is 3.31 bits per heavy atom. The van der Waals surface area contributed by atoms with Gasteiger partial charge < -0.3 is 10.1 Å². The van der Waals surface area contributed by atoms with Gasteiger partial charge in [0.15, 0.2) is 5.82 Å². The summed E-state index contributed by atoms with van der Waals surface area (Å²) in [7, 11) is 0. The maximum Gasteiger partial charge on any atom is 0.243 e. The summed E-state index contributed by atoms with van der Waals surface area (Å²) >= 11 is 0. The molecule has 0 saturated carbocycles. The summed E-state index contributed by atoms with van der Waals surface area (Å²) in [6.45, 7) is 4.45. The minimum Gasteiger partial charge on any atom is -0.370 e. The van der Waals surface area contributed by atoms with Crippen LogP contribution >= 0.6 is 0 Å². The van der Waals surface area contributed by atoms with Crippen LogP contribution in [0.25, 0.3) is 0 Å². The molecule has 6 heteroatoms. The van der Waals surface area contributed by atoms with Crippen molar-refractivity contribution in [2.24, 2.45) is 0 Å². The number of nitrogens with zero attached hydrogens (tertiary/aromatic N) is 2. The van der Waals surface area contributed by atoms with Gasteiger partial charge in [-0.3, -0.25) is 9.89 Å². The molecule has 1 saturated heterocycles. The first-order valence-electron chi connectivity index (χ1n) is 5.22. The van der Waals surface area contributed by atoms with Crippen LogP contribution in [0.5, 0.6) is 0 Å². The van der Waals surface area contributed by atoms with Crippen LogP contribution in [0.15, 0.2) is 12.7 Å². The quantitative estimate of drug-likeness (QED) is 0.725. The van der Waals surface area contributed by atoms with Gasteiger partial charge in [0.2, 0.25) is 5.91 Å². The van der Waals surface area contributed by atoms with Crippen molar-refractivity contribution in [1.29, 1.82) is 0 Å². The minimum absolute atomic E-state index is 0.0000980. The Labute approximate surface area is 93.1 Å². The predicted molar refractivity (Wildman–Crippen MR) is 56.4 cm³/mol. The van der Waals surface area contributed by atoms with Gasteiger partial charge in [-0.15, -0.1) is 0 Å². The first kappa shape index (κ1) is 10.8. The van der Waals surface area contributed by atoms with Gasteiger partial charge in [0, 0.05) is 6.61 Å². The highest BCUT2D eigenvalue weighted by Gasteiger charge is 2.21. The molecule has 1 amide bonds. The third-order valence-corrected chi connectivity index (χ3v) is 2.38. The Bertz CT molecular complexity index is 382. The number of H-pyrrole nitrogens is 1. The SMILES string of the molecule is C=CC(=O)NCc1nc(C2CCCO2)n[nH]1. The van der Waals surface area contributed by atoms with Gasteiger partial charge >= 0.3 is 0 Å². The molecule has 0 aromatic carbocycles. The van der Waals surface area contributed by atoms with Gasteiger partial charge in [-0.2, -0.15) is 5.10 Å². The average molecular weight is 222 g/mol. The maximum atomic E-state index is 10.9. The van der Waals surface area contributed by atoms with Gasteiger partial charge in [-0.25, -0.2) is 4.98 Å². The summed E-state index contributed by atoms with van der Waals surface area (Å²) in [5, 5.41) is 9.46. The summed E-state index contributed by atoms with van der Waals surface area (Å²) in [6, 6.07) is 0. The van der Waals surface area contributed by atoms with Crippen LogP contribution in [0.4, 0.5) is 0 Å². The Balaban J connectivity index is 1.91. The monoisotopic (exact) mass is 222 g/mol. The van der Waals surface area contributed by atoms with Crippen molar-refractivity contribution in [3.63, 3.8) is 0 Å². The average Bonchev–Trinajstić information content (AvgIpc) is 2.95. The Kier molecular flexibility index (Phi) is 3.31. The molecule has 0 bridgehead atoms. The number of aromatic amines is 1. The number of rotatable bonds is 4. The van der Waals surface area contributed by atoms with Crippen molar-refractivity contribution in [3.8, 4) is 0 Å². The third kappa shape index (κ3) is 2.46. The van der Waals surface area contributed by atoms with E-state index in [9.17, 15) is 4.79 Å². The lowest BCUT2D eigenvalue weighted by Gasteiger charge is -2.02. The van der Waals surface area contributed by atoms with E-state index in [4.69, 9.17) is 4.74 Å². The van der Waals surface area contributed by atoms with Crippen LogP contribution in [0.1, 0.15) is 30.6 Å². The first-order chi connectivity index (χ1) is 7.79. The van der Waals surface area contributed by atoms with Crippen LogP contribution in [0.2, 0.25) is 0 Å². The summed E-state index contributed by atoms with van der Waals surface area (Å²) in [5.41, 5.74) is 0. The van der Waals surface area contributed by atoms with E-state index >= 15 is 0 Å². The fourth-order valence-corrected chi connectivity index (χ4v) is 1.56. The lowest BCUT2D eigenvalue weighted by Crippen LogP contribution is -2.20. The maximum absolute atomic E-state index is 10.9. The molecular formula is C10H14N4O2. The standard InChI is InChI=1S/C10H14N4O2/c1-2-9(15)11-6-8-12-10(14-13-8)7-4-3-5-16-7/h2,7H,1,3-6H2,(H,11,15)(H,12,13,14). The van der Waals surface area contributed by atoms with Crippen molar-refractivity contribution in [2.75, 3.05) is 6.61 Å². The second kappa shape index (κ2) is 4.89. The van der Waals surface area contributed by atoms with E-state index in [1.54, 1.807) is 0 Å². The number of carbonyl (C=O) groups is 1. The van der Waals surface area contributed by atoms with E-state index in [0.717, 1.165) is 19.4 Å². The second-order valence-corrected chi connectivity index (χ2v) is 3.56. The van der Waals surface area contributed by atoms with E-state index in [0.29, 0.717) is 18.2 Å². The molecule has 0 spiro atoms. The van der Waals surface area contributed by atoms with Gasteiger partial charge in [0.05, 0.1) is 6.54 Å². The molecule has 86 valence electrons. The molecule has 1 fully saturated rings. The number of hydrogen-bond acceptors (Lipinski definition) is 4. The largest absolute Gasteiger partial charge is 0.370 e. The molecule has 16 heavy (non-hydrogen) atoms. The molecule has 2 N–H and O–H groups in total.